The lowest BCUT2D eigenvalue weighted by Gasteiger charge is -2.34. The van der Waals surface area contributed by atoms with E-state index in [1.54, 1.807) is 29.0 Å². The van der Waals surface area contributed by atoms with Gasteiger partial charge in [0.1, 0.15) is 11.4 Å². The van der Waals surface area contributed by atoms with Crippen LogP contribution in [0.1, 0.15) is 21.6 Å². The number of aryl methyl sites for hydroxylation is 1. The molecule has 0 spiro atoms. The average Bonchev–Trinajstić information content (AvgIpc) is 3.00. The summed E-state index contributed by atoms with van der Waals surface area (Å²) in [7, 11) is 0. The van der Waals surface area contributed by atoms with Crippen LogP contribution < -0.4 is 0 Å². The molecule has 3 aromatic rings. The Labute approximate surface area is 161 Å². The fourth-order valence-corrected chi connectivity index (χ4v) is 3.63. The Kier molecular flexibility index (Phi) is 4.80. The van der Waals surface area contributed by atoms with Crippen molar-refractivity contribution in [3.63, 3.8) is 0 Å². The van der Waals surface area contributed by atoms with Crippen molar-refractivity contribution in [3.8, 4) is 0 Å². The smallest absolute Gasteiger partial charge is 0.259 e. The first kappa shape index (κ1) is 17.9. The third-order valence-electron chi connectivity index (χ3n) is 4.85. The van der Waals surface area contributed by atoms with Crippen LogP contribution in [0.25, 0.3) is 5.65 Å². The van der Waals surface area contributed by atoms with Gasteiger partial charge >= 0.3 is 0 Å². The zero-order chi connectivity index (χ0) is 19.0. The van der Waals surface area contributed by atoms with Crippen LogP contribution in [0.4, 0.5) is 4.39 Å². The van der Waals surface area contributed by atoms with Crippen LogP contribution in [0.15, 0.2) is 36.7 Å². The second-order valence-corrected chi connectivity index (χ2v) is 7.06. The van der Waals surface area contributed by atoms with Crippen LogP contribution in [0, 0.1) is 12.7 Å². The number of rotatable bonds is 3. The summed E-state index contributed by atoms with van der Waals surface area (Å²) >= 11 is 6.12. The molecule has 1 aliphatic heterocycles. The summed E-state index contributed by atoms with van der Waals surface area (Å²) in [5, 5.41) is 4.80. The van der Waals surface area contributed by atoms with E-state index in [1.807, 2.05) is 11.8 Å². The van der Waals surface area contributed by atoms with Crippen molar-refractivity contribution in [2.24, 2.45) is 0 Å². The molecule has 0 bridgehead atoms. The van der Waals surface area contributed by atoms with Gasteiger partial charge in [0, 0.05) is 50.1 Å². The fraction of sp³-hybridized carbons (Fsp3) is 0.316. The van der Waals surface area contributed by atoms with E-state index < -0.39 is 0 Å². The number of aromatic nitrogens is 3. The molecular weight excluding hydrogens is 369 g/mol. The maximum Gasteiger partial charge on any atom is 0.259 e. The molecule has 4 rings (SSSR count). The van der Waals surface area contributed by atoms with Gasteiger partial charge in [-0.3, -0.25) is 9.69 Å². The van der Waals surface area contributed by atoms with Gasteiger partial charge in [-0.1, -0.05) is 17.7 Å². The first-order chi connectivity index (χ1) is 13.0. The van der Waals surface area contributed by atoms with Crippen molar-refractivity contribution in [2.45, 2.75) is 13.5 Å². The Hall–Kier alpha value is -2.51. The topological polar surface area (TPSA) is 53.7 Å². The summed E-state index contributed by atoms with van der Waals surface area (Å²) in [6.07, 6.45) is 3.45. The highest BCUT2D eigenvalue weighted by molar-refractivity contribution is 6.31. The predicted molar refractivity (Wildman–Crippen MR) is 100 cm³/mol. The van der Waals surface area contributed by atoms with E-state index in [0.717, 1.165) is 18.7 Å². The Morgan fingerprint density at radius 1 is 1.26 bits per heavy atom. The monoisotopic (exact) mass is 387 g/mol. The van der Waals surface area contributed by atoms with Gasteiger partial charge in [-0.05, 0) is 30.7 Å². The largest absolute Gasteiger partial charge is 0.336 e. The molecule has 0 radical (unpaired) electrons. The Morgan fingerprint density at radius 2 is 2.04 bits per heavy atom. The summed E-state index contributed by atoms with van der Waals surface area (Å²) < 4.78 is 14.8. The second-order valence-electron chi connectivity index (χ2n) is 6.65. The molecule has 2 aromatic heterocycles. The molecule has 8 heteroatoms. The first-order valence-electron chi connectivity index (χ1n) is 8.78. The molecular formula is C19H19ClFN5O. The Morgan fingerprint density at radius 3 is 2.78 bits per heavy atom. The number of halogens is 2. The Balaban J connectivity index is 1.44. The SMILES string of the molecule is Cc1nn2cccnc2c1C(=O)N1CCN(Cc2ccc(F)cc2Cl)CC1. The van der Waals surface area contributed by atoms with Crippen molar-refractivity contribution in [2.75, 3.05) is 26.2 Å². The lowest BCUT2D eigenvalue weighted by atomic mass is 10.1. The minimum absolute atomic E-state index is 0.0411. The van der Waals surface area contributed by atoms with Crippen LogP contribution in [0.3, 0.4) is 0 Å². The number of fused-ring (bicyclic) bond motifs is 1. The lowest BCUT2D eigenvalue weighted by Crippen LogP contribution is -2.48. The van der Waals surface area contributed by atoms with E-state index in [1.165, 1.54) is 12.1 Å². The van der Waals surface area contributed by atoms with Gasteiger partial charge in [0.25, 0.3) is 5.91 Å². The summed E-state index contributed by atoms with van der Waals surface area (Å²) in [6.45, 7) is 5.14. The number of hydrogen-bond acceptors (Lipinski definition) is 4. The minimum Gasteiger partial charge on any atom is -0.336 e. The van der Waals surface area contributed by atoms with Crippen molar-refractivity contribution >= 4 is 23.2 Å². The number of amides is 1. The fourth-order valence-electron chi connectivity index (χ4n) is 3.41. The van der Waals surface area contributed by atoms with Crippen molar-refractivity contribution in [3.05, 3.63) is 64.3 Å². The second kappa shape index (κ2) is 7.25. The summed E-state index contributed by atoms with van der Waals surface area (Å²) in [5.41, 5.74) is 2.71. The molecule has 1 fully saturated rings. The van der Waals surface area contributed by atoms with Crippen molar-refractivity contribution in [1.82, 2.24) is 24.4 Å². The molecule has 27 heavy (non-hydrogen) atoms. The zero-order valence-electron chi connectivity index (χ0n) is 14.9. The molecule has 1 aromatic carbocycles. The summed E-state index contributed by atoms with van der Waals surface area (Å²) in [4.78, 5) is 21.4. The van der Waals surface area contributed by atoms with Gasteiger partial charge in [0.15, 0.2) is 5.65 Å². The lowest BCUT2D eigenvalue weighted by molar-refractivity contribution is 0.0629. The first-order valence-corrected chi connectivity index (χ1v) is 9.16. The summed E-state index contributed by atoms with van der Waals surface area (Å²) in [6, 6.07) is 6.25. The number of hydrogen-bond donors (Lipinski definition) is 0. The van der Waals surface area contributed by atoms with Crippen LogP contribution in [0.2, 0.25) is 5.02 Å². The highest BCUT2D eigenvalue weighted by Crippen LogP contribution is 2.21. The normalized spacial score (nSPS) is 15.4. The van der Waals surface area contributed by atoms with Gasteiger partial charge in [0.2, 0.25) is 0 Å². The highest BCUT2D eigenvalue weighted by Gasteiger charge is 2.27. The molecule has 140 valence electrons. The van der Waals surface area contributed by atoms with Crippen molar-refractivity contribution in [1.29, 1.82) is 0 Å². The molecule has 1 amide bonds. The van der Waals surface area contributed by atoms with Gasteiger partial charge < -0.3 is 4.90 Å². The van der Waals surface area contributed by atoms with Gasteiger partial charge in [-0.15, -0.1) is 0 Å². The van der Waals surface area contributed by atoms with Crippen molar-refractivity contribution < 1.29 is 9.18 Å². The zero-order valence-corrected chi connectivity index (χ0v) is 15.7. The van der Waals surface area contributed by atoms with Gasteiger partial charge in [-0.25, -0.2) is 13.9 Å². The van der Waals surface area contributed by atoms with Crippen LogP contribution in [-0.4, -0.2) is 56.5 Å². The molecule has 6 nitrogen and oxygen atoms in total. The van der Waals surface area contributed by atoms with E-state index in [0.29, 0.717) is 41.6 Å². The molecule has 0 saturated carbocycles. The highest BCUT2D eigenvalue weighted by atomic mass is 35.5. The minimum atomic E-state index is -0.337. The average molecular weight is 388 g/mol. The third kappa shape index (κ3) is 3.52. The van der Waals surface area contributed by atoms with Crippen LogP contribution >= 0.6 is 11.6 Å². The number of benzene rings is 1. The quantitative estimate of drug-likeness (QED) is 0.693. The standard InChI is InChI=1S/C19H19ClFN5O/c1-13-17(18-22-5-2-6-26(18)23-13)19(27)25-9-7-24(8-10-25)12-14-3-4-15(21)11-16(14)20/h2-6,11H,7-10,12H2,1H3. The molecule has 0 atom stereocenters. The van der Waals surface area contributed by atoms with E-state index >= 15 is 0 Å². The molecule has 0 unspecified atom stereocenters. The predicted octanol–water partition coefficient (Wildman–Crippen LogP) is 2.79. The Bertz CT molecular complexity index is 997. The number of carbonyl (C=O) groups excluding carboxylic acids is 1. The maximum absolute atomic E-state index is 13.2. The van der Waals surface area contributed by atoms with E-state index in [2.05, 4.69) is 15.0 Å². The van der Waals surface area contributed by atoms with Crippen LogP contribution in [0.5, 0.6) is 0 Å². The molecule has 1 saturated heterocycles. The molecule has 0 aliphatic carbocycles. The van der Waals surface area contributed by atoms with E-state index in [9.17, 15) is 9.18 Å². The number of piperazine rings is 1. The molecule has 1 aliphatic rings. The van der Waals surface area contributed by atoms with Gasteiger partial charge in [-0.2, -0.15) is 5.10 Å². The number of carbonyl (C=O) groups is 1. The summed E-state index contributed by atoms with van der Waals surface area (Å²) in [5.74, 6) is -0.378. The molecule has 0 N–H and O–H groups in total. The van der Waals surface area contributed by atoms with E-state index in [4.69, 9.17) is 11.6 Å². The third-order valence-corrected chi connectivity index (χ3v) is 5.20. The maximum atomic E-state index is 13.2. The van der Waals surface area contributed by atoms with E-state index in [-0.39, 0.29) is 11.7 Å². The number of nitrogens with zero attached hydrogens (tertiary/aromatic N) is 5. The molecule has 3 heterocycles. The van der Waals surface area contributed by atoms with Gasteiger partial charge in [0.05, 0.1) is 5.69 Å². The van der Waals surface area contributed by atoms with Crippen LogP contribution in [-0.2, 0) is 6.54 Å².